The van der Waals surface area contributed by atoms with Crippen LogP contribution in [0.25, 0.3) is 6.08 Å². The van der Waals surface area contributed by atoms with Crippen LogP contribution < -0.4 is 29.1 Å². The average molecular weight is 589 g/mol. The Labute approximate surface area is 245 Å². The molecule has 42 heavy (non-hydrogen) atoms. The van der Waals surface area contributed by atoms with Crippen LogP contribution in [-0.2, 0) is 16.1 Å². The van der Waals surface area contributed by atoms with Gasteiger partial charge in [0, 0.05) is 11.8 Å². The third-order valence-electron chi connectivity index (χ3n) is 6.52. The molecule has 0 bridgehead atoms. The van der Waals surface area contributed by atoms with Crippen molar-refractivity contribution >= 4 is 23.4 Å². The molecule has 1 aliphatic rings. The van der Waals surface area contributed by atoms with E-state index in [9.17, 15) is 14.0 Å². The van der Waals surface area contributed by atoms with Crippen LogP contribution in [-0.4, -0.2) is 30.9 Å². The van der Waals surface area contributed by atoms with Crippen molar-refractivity contribution in [1.82, 2.24) is 4.57 Å². The summed E-state index contributed by atoms with van der Waals surface area (Å²) in [6.45, 7) is 4.68. The lowest BCUT2D eigenvalue weighted by atomic mass is 9.97. The first kappa shape index (κ1) is 28.8. The van der Waals surface area contributed by atoms with Gasteiger partial charge in [0.15, 0.2) is 16.3 Å². The van der Waals surface area contributed by atoms with Crippen molar-refractivity contribution in [2.24, 2.45) is 4.99 Å². The van der Waals surface area contributed by atoms with Crippen LogP contribution in [0.2, 0.25) is 0 Å². The second-order valence-corrected chi connectivity index (χ2v) is 10.2. The minimum absolute atomic E-state index is 0.0699. The third-order valence-corrected chi connectivity index (χ3v) is 7.51. The van der Waals surface area contributed by atoms with Gasteiger partial charge in [-0.2, -0.15) is 0 Å². The Bertz CT molecular complexity index is 1830. The highest BCUT2D eigenvalue weighted by Crippen LogP contribution is 2.35. The first-order valence-electron chi connectivity index (χ1n) is 13.4. The van der Waals surface area contributed by atoms with Crippen molar-refractivity contribution in [2.45, 2.75) is 26.5 Å². The van der Waals surface area contributed by atoms with Crippen LogP contribution in [0.4, 0.5) is 4.39 Å². The van der Waals surface area contributed by atoms with Crippen molar-refractivity contribution in [3.8, 4) is 17.2 Å². The Balaban J connectivity index is 1.54. The van der Waals surface area contributed by atoms with Crippen LogP contribution in [0.5, 0.6) is 17.2 Å². The van der Waals surface area contributed by atoms with Gasteiger partial charge < -0.3 is 18.9 Å². The fraction of sp³-hybridized carbons (Fsp3) is 0.219. The van der Waals surface area contributed by atoms with Gasteiger partial charge in [0.1, 0.15) is 18.2 Å². The van der Waals surface area contributed by atoms with E-state index in [1.165, 1.54) is 35.3 Å². The summed E-state index contributed by atoms with van der Waals surface area (Å²) in [7, 11) is 1.29. The number of esters is 1. The summed E-state index contributed by atoms with van der Waals surface area (Å²) in [5.41, 5.74) is 1.70. The molecular formula is C32H29FN2O6S. The van der Waals surface area contributed by atoms with Crippen molar-refractivity contribution < 1.29 is 28.1 Å². The Morgan fingerprint density at radius 3 is 2.55 bits per heavy atom. The highest BCUT2D eigenvalue weighted by atomic mass is 32.1. The van der Waals surface area contributed by atoms with E-state index in [2.05, 4.69) is 4.99 Å². The van der Waals surface area contributed by atoms with E-state index in [4.69, 9.17) is 18.9 Å². The molecule has 8 nitrogen and oxygen atoms in total. The number of thiazole rings is 1. The molecule has 0 amide bonds. The lowest BCUT2D eigenvalue weighted by molar-refractivity contribution is -0.136. The number of hydrogen-bond acceptors (Lipinski definition) is 8. The summed E-state index contributed by atoms with van der Waals surface area (Å²) in [5, 5.41) is 0. The highest BCUT2D eigenvalue weighted by Gasteiger charge is 2.31. The number of fused-ring (bicyclic) bond motifs is 1. The number of carbonyl (C=O) groups excluding carboxylic acids is 1. The largest absolute Gasteiger partial charge is 0.490 e. The van der Waals surface area contributed by atoms with Gasteiger partial charge in [-0.15, -0.1) is 0 Å². The van der Waals surface area contributed by atoms with Gasteiger partial charge in [-0.1, -0.05) is 47.7 Å². The predicted octanol–water partition coefficient (Wildman–Crippen LogP) is 4.53. The normalized spacial score (nSPS) is 14.4. The number of ether oxygens (including phenoxy) is 4. The summed E-state index contributed by atoms with van der Waals surface area (Å²) in [6, 6.07) is 18.2. The number of nitrogens with zero attached hydrogens (tertiary/aromatic N) is 2. The van der Waals surface area contributed by atoms with Crippen LogP contribution in [0.1, 0.15) is 36.6 Å². The van der Waals surface area contributed by atoms with Gasteiger partial charge in [0.05, 0.1) is 36.5 Å². The topological polar surface area (TPSA) is 88.4 Å². The van der Waals surface area contributed by atoms with Gasteiger partial charge >= 0.3 is 5.97 Å². The second-order valence-electron chi connectivity index (χ2n) is 9.20. The molecule has 1 aliphatic heterocycles. The summed E-state index contributed by atoms with van der Waals surface area (Å²) in [4.78, 5) is 31.5. The summed E-state index contributed by atoms with van der Waals surface area (Å²) in [5.74, 6) is 0.674. The van der Waals surface area contributed by atoms with Gasteiger partial charge in [-0.3, -0.25) is 9.36 Å². The minimum atomic E-state index is -0.791. The summed E-state index contributed by atoms with van der Waals surface area (Å²) >= 11 is 1.21. The fourth-order valence-corrected chi connectivity index (χ4v) is 5.58. The number of methoxy groups -OCH3 is 1. The van der Waals surface area contributed by atoms with Crippen molar-refractivity contribution in [1.29, 1.82) is 0 Å². The Morgan fingerprint density at radius 1 is 1.00 bits per heavy atom. The van der Waals surface area contributed by atoms with Gasteiger partial charge in [0.25, 0.3) is 5.56 Å². The maximum atomic E-state index is 14.0. The van der Waals surface area contributed by atoms with Crippen LogP contribution in [0.3, 0.4) is 0 Å². The number of benzene rings is 3. The molecule has 0 unspecified atom stereocenters. The molecule has 1 atom stereocenters. The Morgan fingerprint density at radius 2 is 1.79 bits per heavy atom. The van der Waals surface area contributed by atoms with E-state index in [0.717, 1.165) is 5.56 Å². The summed E-state index contributed by atoms with van der Waals surface area (Å²) < 4.78 is 38.3. The van der Waals surface area contributed by atoms with Gasteiger partial charge in [-0.25, -0.2) is 14.2 Å². The molecule has 4 aromatic rings. The highest BCUT2D eigenvalue weighted by molar-refractivity contribution is 7.07. The molecule has 0 spiro atoms. The molecule has 0 radical (unpaired) electrons. The Kier molecular flexibility index (Phi) is 8.83. The Hall–Kier alpha value is -4.70. The first-order chi connectivity index (χ1) is 20.4. The summed E-state index contributed by atoms with van der Waals surface area (Å²) in [6.07, 6.45) is 3.18. The second kappa shape index (κ2) is 12.9. The van der Waals surface area contributed by atoms with Gasteiger partial charge in [0.2, 0.25) is 0 Å². The maximum Gasteiger partial charge on any atom is 0.337 e. The van der Waals surface area contributed by atoms with Crippen LogP contribution in [0.15, 0.2) is 88.3 Å². The van der Waals surface area contributed by atoms with Gasteiger partial charge in [-0.05, 0) is 61.4 Å². The molecule has 0 fully saturated rings. The van der Waals surface area contributed by atoms with Crippen molar-refractivity contribution in [3.05, 3.63) is 121 Å². The number of halogens is 1. The van der Waals surface area contributed by atoms with E-state index >= 15 is 0 Å². The zero-order valence-corrected chi connectivity index (χ0v) is 24.2. The molecule has 0 aliphatic carbocycles. The molecule has 1 aromatic heterocycles. The quantitative estimate of drug-likeness (QED) is 0.253. The molecule has 10 heteroatoms. The third kappa shape index (κ3) is 5.99. The SMILES string of the molecule is CCOc1ccc([C@@H]2C(C(=O)OC)=CN=c3s/c(=C/c4cccc(OCc5ccccc5F)c4)c(=O)n32)cc1OCC. The monoisotopic (exact) mass is 588 g/mol. The first-order valence-corrected chi connectivity index (χ1v) is 14.2. The zero-order chi connectivity index (χ0) is 29.6. The predicted molar refractivity (Wildman–Crippen MR) is 157 cm³/mol. The molecular weight excluding hydrogens is 559 g/mol. The molecule has 216 valence electrons. The standard InChI is InChI=1S/C32H29FN2O6S/c1-4-39-26-14-13-21(17-27(26)40-5-2)29-24(31(37)38-3)18-34-32-35(29)30(36)28(42-32)16-20-9-8-11-23(15-20)41-19-22-10-6-7-12-25(22)33/h6-18,29H,4-5,19H2,1-3H3/b28-16+/t29-/m1/s1. The number of carbonyl (C=O) groups is 1. The minimum Gasteiger partial charge on any atom is -0.490 e. The van der Waals surface area contributed by atoms with Crippen molar-refractivity contribution in [3.63, 3.8) is 0 Å². The number of hydrogen-bond donors (Lipinski definition) is 0. The lowest BCUT2D eigenvalue weighted by Crippen LogP contribution is -2.39. The van der Waals surface area contributed by atoms with E-state index in [1.54, 1.807) is 60.7 Å². The van der Waals surface area contributed by atoms with Crippen molar-refractivity contribution in [2.75, 3.05) is 20.3 Å². The van der Waals surface area contributed by atoms with Crippen LogP contribution in [0, 0.1) is 5.82 Å². The number of rotatable bonds is 10. The smallest absolute Gasteiger partial charge is 0.337 e. The zero-order valence-electron chi connectivity index (χ0n) is 23.3. The van der Waals surface area contributed by atoms with E-state index in [1.807, 2.05) is 19.9 Å². The molecule has 2 heterocycles. The molecule has 0 saturated carbocycles. The van der Waals surface area contributed by atoms with Crippen LogP contribution >= 0.6 is 11.3 Å². The van der Waals surface area contributed by atoms with E-state index in [-0.39, 0.29) is 23.6 Å². The van der Waals surface area contributed by atoms with E-state index < -0.39 is 12.0 Å². The molecule has 0 saturated heterocycles. The average Bonchev–Trinajstić information content (AvgIpc) is 3.31. The fourth-order valence-electron chi connectivity index (χ4n) is 4.61. The molecule has 0 N–H and O–H groups in total. The van der Waals surface area contributed by atoms with E-state index in [0.29, 0.717) is 50.9 Å². The molecule has 3 aromatic carbocycles. The number of aromatic nitrogens is 1. The lowest BCUT2D eigenvalue weighted by Gasteiger charge is -2.23. The maximum absolute atomic E-state index is 14.0. The molecule has 5 rings (SSSR count).